The Morgan fingerprint density at radius 3 is 2.31 bits per heavy atom. The van der Waals surface area contributed by atoms with Crippen molar-refractivity contribution in [3.8, 4) is 5.75 Å². The maximum absolute atomic E-state index is 14.0. The Balaban J connectivity index is 1.97. The summed E-state index contributed by atoms with van der Waals surface area (Å²) in [4.78, 5) is 11.4. The molecule has 2 aromatic carbocycles. The predicted octanol–water partition coefficient (Wildman–Crippen LogP) is 3.58. The van der Waals surface area contributed by atoms with Crippen molar-refractivity contribution < 1.29 is 31.5 Å². The molecule has 0 heterocycles. The number of methoxy groups -OCH3 is 1. The van der Waals surface area contributed by atoms with E-state index in [9.17, 15) is 22.0 Å². The van der Waals surface area contributed by atoms with Gasteiger partial charge < -0.3 is 9.47 Å². The molecule has 0 saturated carbocycles. The molecule has 0 radical (unpaired) electrons. The smallest absolute Gasteiger partial charge is 0.343 e. The number of sulfonamides is 1. The molecule has 0 bridgehead atoms. The number of halogens is 3. The quantitative estimate of drug-likeness (QED) is 0.416. The van der Waals surface area contributed by atoms with Crippen LogP contribution in [0.3, 0.4) is 0 Å². The molecule has 29 heavy (non-hydrogen) atoms. The molecule has 6 nitrogen and oxygen atoms in total. The standard InChI is InChI=1S/C18H18ClF2NO5S2/c1-22(29(24,25)14-5-3-12(19)4-6-14)7-8-28-13-9-15(20)18(16(21)10-13)27-11-17(23)26-2/h3-6,9-10H,7-8,11H2,1-2H3. The Morgan fingerprint density at radius 2 is 1.76 bits per heavy atom. The van der Waals surface area contributed by atoms with Gasteiger partial charge in [0.25, 0.3) is 0 Å². The van der Waals surface area contributed by atoms with Gasteiger partial charge in [0.1, 0.15) is 0 Å². The summed E-state index contributed by atoms with van der Waals surface area (Å²) < 4.78 is 63.3. The fraction of sp³-hybridized carbons (Fsp3) is 0.278. The van der Waals surface area contributed by atoms with Gasteiger partial charge in [-0.15, -0.1) is 11.8 Å². The van der Waals surface area contributed by atoms with Crippen molar-refractivity contribution in [1.29, 1.82) is 0 Å². The Labute approximate surface area is 176 Å². The van der Waals surface area contributed by atoms with Crippen LogP contribution in [0, 0.1) is 11.6 Å². The number of ether oxygens (including phenoxy) is 2. The SMILES string of the molecule is COC(=O)COc1c(F)cc(SCCN(C)S(=O)(=O)c2ccc(Cl)cc2)cc1F. The fourth-order valence-corrected chi connectivity index (χ4v) is 4.53. The molecule has 0 aromatic heterocycles. The van der Waals surface area contributed by atoms with Crippen LogP contribution in [-0.4, -0.2) is 51.8 Å². The molecule has 0 aliphatic heterocycles. The maximum atomic E-state index is 14.0. The van der Waals surface area contributed by atoms with Gasteiger partial charge >= 0.3 is 5.97 Å². The Bertz CT molecular complexity index is 948. The summed E-state index contributed by atoms with van der Waals surface area (Å²) in [5.74, 6) is -3.14. The molecule has 0 atom stereocenters. The van der Waals surface area contributed by atoms with Crippen molar-refractivity contribution >= 4 is 39.4 Å². The molecule has 2 aromatic rings. The van der Waals surface area contributed by atoms with Crippen molar-refractivity contribution in [2.24, 2.45) is 0 Å². The number of benzene rings is 2. The fourth-order valence-electron chi connectivity index (χ4n) is 2.15. The van der Waals surface area contributed by atoms with E-state index in [4.69, 9.17) is 16.3 Å². The molecule has 0 spiro atoms. The molecule has 158 valence electrons. The van der Waals surface area contributed by atoms with Gasteiger partial charge in [0.05, 0.1) is 12.0 Å². The summed E-state index contributed by atoms with van der Waals surface area (Å²) in [5, 5.41) is 0.422. The first kappa shape index (κ1) is 23.4. The van der Waals surface area contributed by atoms with E-state index in [1.807, 2.05) is 0 Å². The first-order valence-corrected chi connectivity index (χ1v) is 11.0. The summed E-state index contributed by atoms with van der Waals surface area (Å²) >= 11 is 6.84. The second-order valence-electron chi connectivity index (χ2n) is 5.71. The van der Waals surface area contributed by atoms with E-state index >= 15 is 0 Å². The van der Waals surface area contributed by atoms with Gasteiger partial charge in [-0.2, -0.15) is 0 Å². The van der Waals surface area contributed by atoms with Crippen molar-refractivity contribution in [3.05, 3.63) is 53.1 Å². The summed E-state index contributed by atoms with van der Waals surface area (Å²) in [6.07, 6.45) is 0. The van der Waals surface area contributed by atoms with Crippen molar-refractivity contribution in [1.82, 2.24) is 4.31 Å². The van der Waals surface area contributed by atoms with Crippen LogP contribution in [0.4, 0.5) is 8.78 Å². The maximum Gasteiger partial charge on any atom is 0.343 e. The molecule has 2 rings (SSSR count). The average molecular weight is 466 g/mol. The zero-order valence-corrected chi connectivity index (χ0v) is 17.9. The predicted molar refractivity (Wildman–Crippen MR) is 106 cm³/mol. The zero-order chi connectivity index (χ0) is 21.6. The van der Waals surface area contributed by atoms with Crippen LogP contribution in [-0.2, 0) is 19.6 Å². The van der Waals surface area contributed by atoms with Crippen LogP contribution in [0.25, 0.3) is 0 Å². The van der Waals surface area contributed by atoms with Gasteiger partial charge in [-0.3, -0.25) is 0 Å². The number of hydrogen-bond acceptors (Lipinski definition) is 6. The summed E-state index contributed by atoms with van der Waals surface area (Å²) in [7, 11) is -1.16. The van der Waals surface area contributed by atoms with Crippen LogP contribution >= 0.6 is 23.4 Å². The number of hydrogen-bond donors (Lipinski definition) is 0. The third-order valence-corrected chi connectivity index (χ3v) is 6.81. The number of nitrogens with zero attached hydrogens (tertiary/aromatic N) is 1. The molecular weight excluding hydrogens is 448 g/mol. The Morgan fingerprint density at radius 1 is 1.17 bits per heavy atom. The van der Waals surface area contributed by atoms with Crippen LogP contribution in [0.2, 0.25) is 5.02 Å². The van der Waals surface area contributed by atoms with E-state index in [2.05, 4.69) is 4.74 Å². The third-order valence-electron chi connectivity index (χ3n) is 3.73. The van der Waals surface area contributed by atoms with Gasteiger partial charge in [0.2, 0.25) is 10.0 Å². The highest BCUT2D eigenvalue weighted by molar-refractivity contribution is 7.99. The highest BCUT2D eigenvalue weighted by atomic mass is 35.5. The molecule has 0 unspecified atom stereocenters. The van der Waals surface area contributed by atoms with Crippen LogP contribution < -0.4 is 4.74 Å². The Kier molecular flexibility index (Phi) is 8.26. The number of esters is 1. The van der Waals surface area contributed by atoms with E-state index in [-0.39, 0.29) is 22.1 Å². The lowest BCUT2D eigenvalue weighted by molar-refractivity contribution is -0.143. The van der Waals surface area contributed by atoms with E-state index in [0.717, 1.165) is 35.3 Å². The molecule has 11 heteroatoms. The molecule has 0 aliphatic rings. The van der Waals surface area contributed by atoms with Crippen molar-refractivity contribution in [2.45, 2.75) is 9.79 Å². The molecular formula is C18H18ClF2NO5S2. The normalized spacial score (nSPS) is 11.5. The second-order valence-corrected chi connectivity index (χ2v) is 9.36. The van der Waals surface area contributed by atoms with Crippen molar-refractivity contribution in [3.63, 3.8) is 0 Å². The summed E-state index contributed by atoms with van der Waals surface area (Å²) in [6.45, 7) is -0.510. The highest BCUT2D eigenvalue weighted by Gasteiger charge is 2.21. The largest absolute Gasteiger partial charge is 0.476 e. The van der Waals surface area contributed by atoms with Gasteiger partial charge in [0, 0.05) is 29.3 Å². The number of carbonyl (C=O) groups is 1. The van der Waals surface area contributed by atoms with E-state index in [0.29, 0.717) is 5.02 Å². The monoisotopic (exact) mass is 465 g/mol. The topological polar surface area (TPSA) is 72.9 Å². The van der Waals surface area contributed by atoms with Gasteiger partial charge in [0.15, 0.2) is 24.0 Å². The van der Waals surface area contributed by atoms with E-state index in [1.165, 1.54) is 31.3 Å². The van der Waals surface area contributed by atoms with E-state index in [1.54, 1.807) is 0 Å². The first-order chi connectivity index (χ1) is 13.6. The number of thioether (sulfide) groups is 1. The highest BCUT2D eigenvalue weighted by Crippen LogP contribution is 2.29. The molecule has 0 amide bonds. The number of carbonyl (C=O) groups excluding carboxylic acids is 1. The minimum absolute atomic E-state index is 0.0959. The van der Waals surface area contributed by atoms with Gasteiger partial charge in [-0.1, -0.05) is 11.6 Å². The molecule has 0 aliphatic carbocycles. The number of rotatable bonds is 9. The minimum Gasteiger partial charge on any atom is -0.476 e. The van der Waals surface area contributed by atoms with Gasteiger partial charge in [-0.05, 0) is 36.4 Å². The lowest BCUT2D eigenvalue weighted by Crippen LogP contribution is -2.29. The summed E-state index contributed by atoms with van der Waals surface area (Å²) in [6, 6.07) is 7.86. The van der Waals surface area contributed by atoms with Crippen molar-refractivity contribution in [2.75, 3.05) is 33.1 Å². The minimum atomic E-state index is -3.70. The summed E-state index contributed by atoms with van der Waals surface area (Å²) in [5.41, 5.74) is 0. The van der Waals surface area contributed by atoms with Crippen LogP contribution in [0.5, 0.6) is 5.75 Å². The zero-order valence-electron chi connectivity index (χ0n) is 15.5. The Hall–Kier alpha value is -1.88. The third kappa shape index (κ3) is 6.30. The van der Waals surface area contributed by atoms with E-state index < -0.39 is 40.0 Å². The molecule has 0 fully saturated rings. The molecule has 0 saturated heterocycles. The second kappa shape index (κ2) is 10.2. The van der Waals surface area contributed by atoms with Crippen LogP contribution in [0.1, 0.15) is 0 Å². The first-order valence-electron chi connectivity index (χ1n) is 8.18. The lowest BCUT2D eigenvalue weighted by atomic mass is 10.3. The lowest BCUT2D eigenvalue weighted by Gasteiger charge is -2.17. The van der Waals surface area contributed by atoms with Crippen LogP contribution in [0.15, 0.2) is 46.2 Å². The molecule has 0 N–H and O–H groups in total. The average Bonchev–Trinajstić information content (AvgIpc) is 2.67. The van der Waals surface area contributed by atoms with Gasteiger partial charge in [-0.25, -0.2) is 26.3 Å².